The van der Waals surface area contributed by atoms with Gasteiger partial charge < -0.3 is 24.6 Å². The number of ether oxygens (including phenoxy) is 2. The Hall–Kier alpha value is -2.14. The predicted molar refractivity (Wildman–Crippen MR) is 125 cm³/mol. The van der Waals surface area contributed by atoms with Crippen LogP contribution in [0.5, 0.6) is 0 Å². The molecule has 2 N–H and O–H groups in total. The molecule has 0 aromatic carbocycles. The lowest BCUT2D eigenvalue weighted by molar-refractivity contribution is 0.0537. The van der Waals surface area contributed by atoms with E-state index in [1.165, 1.54) is 0 Å². The van der Waals surface area contributed by atoms with E-state index >= 15 is 0 Å². The van der Waals surface area contributed by atoms with Gasteiger partial charge in [0.05, 0.1) is 32.1 Å². The Morgan fingerprint density at radius 2 is 1.84 bits per heavy atom. The Balaban J connectivity index is 1.55. The average molecular weight is 463 g/mol. The monoisotopic (exact) mass is 462 g/mol. The molecule has 3 aliphatic rings. The molecule has 1 aromatic heterocycles. The Labute approximate surface area is 192 Å². The van der Waals surface area contributed by atoms with E-state index in [0.29, 0.717) is 57.5 Å². The topological polar surface area (TPSA) is 100 Å². The van der Waals surface area contributed by atoms with Gasteiger partial charge in [-0.05, 0) is 18.4 Å². The molecule has 174 valence electrons. The summed E-state index contributed by atoms with van der Waals surface area (Å²) < 4.78 is 20.7. The number of hydrogen-bond acceptors (Lipinski definition) is 7. The highest BCUT2D eigenvalue weighted by Crippen LogP contribution is 2.31. The molecule has 2 atom stereocenters. The van der Waals surface area contributed by atoms with Crippen LogP contribution in [0.4, 0.5) is 10.6 Å². The molecule has 3 heterocycles. The molecule has 2 fully saturated rings. The van der Waals surface area contributed by atoms with Crippen LogP contribution in [0.3, 0.4) is 0 Å². The molecule has 0 bridgehead atoms. The number of amides is 2. The third-order valence-electron chi connectivity index (χ3n) is 5.80. The van der Waals surface area contributed by atoms with Gasteiger partial charge in [-0.25, -0.2) is 14.8 Å². The number of nitrogens with zero attached hydrogens (tertiary/aromatic N) is 4. The summed E-state index contributed by atoms with van der Waals surface area (Å²) in [5.74, 6) is 2.23. The lowest BCUT2D eigenvalue weighted by atomic mass is 9.90. The summed E-state index contributed by atoms with van der Waals surface area (Å²) in [6.07, 6.45) is 6.47. The van der Waals surface area contributed by atoms with Crippen molar-refractivity contribution >= 4 is 28.6 Å². The Bertz CT molecular complexity index is 879. The molecule has 0 spiro atoms. The van der Waals surface area contributed by atoms with Crippen LogP contribution in [-0.4, -0.2) is 84.3 Å². The van der Waals surface area contributed by atoms with Crippen LogP contribution < -0.4 is 10.2 Å². The number of rotatable bonds is 5. The van der Waals surface area contributed by atoms with Crippen LogP contribution in [0.15, 0.2) is 23.9 Å². The standard InChI is InChI=1S/C22H31N5O4S/c1-16-13-17(24-22(28)27-7-11-31-12-8-27)3-4-19(16)21-23-18(15-32(2)29)14-20(25-21)26-5-9-30-10-6-26/h3-4,14,16,29H,5-13,15H2,1-2H3/p+1. The predicted octanol–water partition coefficient (Wildman–Crippen LogP) is 1.88. The zero-order valence-electron chi connectivity index (χ0n) is 18.7. The minimum Gasteiger partial charge on any atom is -0.378 e. The maximum Gasteiger partial charge on any atom is 0.321 e. The van der Waals surface area contributed by atoms with Gasteiger partial charge in [0, 0.05) is 43.5 Å². The van der Waals surface area contributed by atoms with E-state index < -0.39 is 11.2 Å². The van der Waals surface area contributed by atoms with Gasteiger partial charge >= 0.3 is 6.03 Å². The highest BCUT2D eigenvalue weighted by Gasteiger charge is 2.25. The first-order valence-corrected chi connectivity index (χ1v) is 12.8. The second-order valence-electron chi connectivity index (χ2n) is 8.33. The van der Waals surface area contributed by atoms with E-state index in [9.17, 15) is 9.35 Å². The molecule has 2 amide bonds. The van der Waals surface area contributed by atoms with Gasteiger partial charge in [-0.15, -0.1) is 0 Å². The Morgan fingerprint density at radius 1 is 1.16 bits per heavy atom. The van der Waals surface area contributed by atoms with Crippen LogP contribution in [-0.2, 0) is 26.4 Å². The van der Waals surface area contributed by atoms with Crippen molar-refractivity contribution in [1.29, 1.82) is 0 Å². The summed E-state index contributed by atoms with van der Waals surface area (Å²) in [5, 5.41) is 3.04. The molecule has 4 rings (SSSR count). The number of urea groups is 1. The van der Waals surface area contributed by atoms with Crippen LogP contribution in [0.1, 0.15) is 24.9 Å². The van der Waals surface area contributed by atoms with Crippen LogP contribution >= 0.6 is 0 Å². The Morgan fingerprint density at radius 3 is 2.50 bits per heavy atom. The molecule has 2 saturated heterocycles. The zero-order valence-corrected chi connectivity index (χ0v) is 19.6. The number of nitrogens with one attached hydrogen (secondary N) is 1. The van der Waals surface area contributed by atoms with Gasteiger partial charge in [-0.3, -0.25) is 0 Å². The number of hydrogen-bond donors (Lipinski definition) is 2. The second kappa shape index (κ2) is 10.7. The van der Waals surface area contributed by atoms with Crippen molar-refractivity contribution in [2.45, 2.75) is 19.1 Å². The summed E-state index contributed by atoms with van der Waals surface area (Å²) in [4.78, 5) is 26.2. The summed E-state index contributed by atoms with van der Waals surface area (Å²) >= 11 is -0.743. The third-order valence-corrected chi connectivity index (χ3v) is 6.52. The number of carbonyl (C=O) groups excluding carboxylic acids is 1. The highest BCUT2D eigenvalue weighted by molar-refractivity contribution is 7.89. The molecular weight excluding hydrogens is 430 g/mol. The fourth-order valence-electron chi connectivity index (χ4n) is 4.09. The van der Waals surface area contributed by atoms with Crippen LogP contribution in [0.25, 0.3) is 5.57 Å². The van der Waals surface area contributed by atoms with Crippen molar-refractivity contribution in [3.63, 3.8) is 0 Å². The van der Waals surface area contributed by atoms with E-state index in [1.54, 1.807) is 11.2 Å². The molecule has 1 aliphatic carbocycles. The van der Waals surface area contributed by atoms with Gasteiger partial charge in [-0.2, -0.15) is 4.55 Å². The molecule has 32 heavy (non-hydrogen) atoms. The lowest BCUT2D eigenvalue weighted by Crippen LogP contribution is -2.46. The van der Waals surface area contributed by atoms with Gasteiger partial charge in [0.15, 0.2) is 11.6 Å². The lowest BCUT2D eigenvalue weighted by Gasteiger charge is -2.29. The normalized spacial score (nSPS) is 22.8. The van der Waals surface area contributed by atoms with E-state index in [4.69, 9.17) is 19.4 Å². The fraction of sp³-hybridized carbons (Fsp3) is 0.591. The molecule has 0 saturated carbocycles. The summed E-state index contributed by atoms with van der Waals surface area (Å²) in [5.41, 5.74) is 2.78. The number of anilines is 1. The number of carbonyl (C=O) groups is 1. The Kier molecular flexibility index (Phi) is 7.67. The first-order chi connectivity index (χ1) is 15.5. The number of morpholine rings is 2. The van der Waals surface area contributed by atoms with Crippen molar-refractivity contribution in [2.24, 2.45) is 5.92 Å². The number of aromatic nitrogens is 2. The van der Waals surface area contributed by atoms with Crippen LogP contribution in [0, 0.1) is 5.92 Å². The average Bonchev–Trinajstić information content (AvgIpc) is 2.79. The molecule has 0 radical (unpaired) electrons. The number of allylic oxidation sites excluding steroid dienone is 4. The van der Waals surface area contributed by atoms with Gasteiger partial charge in [0.2, 0.25) is 0 Å². The van der Waals surface area contributed by atoms with E-state index in [1.807, 2.05) is 18.2 Å². The van der Waals surface area contributed by atoms with Crippen molar-refractivity contribution < 1.29 is 18.8 Å². The SMILES string of the molecule is CC1CC(NC(=O)N2CCOCC2)=CC=C1c1nc(C[S+](C)O)cc(N2CCOCC2)n1. The van der Waals surface area contributed by atoms with Gasteiger partial charge in [0.1, 0.15) is 23.2 Å². The molecule has 1 aromatic rings. The largest absolute Gasteiger partial charge is 0.378 e. The second-order valence-corrected chi connectivity index (χ2v) is 9.82. The smallest absolute Gasteiger partial charge is 0.321 e. The summed E-state index contributed by atoms with van der Waals surface area (Å²) in [6.45, 7) is 7.47. The first kappa shape index (κ1) is 23.0. The van der Waals surface area contributed by atoms with Crippen molar-refractivity contribution in [2.75, 3.05) is 63.8 Å². The zero-order chi connectivity index (χ0) is 22.5. The summed E-state index contributed by atoms with van der Waals surface area (Å²) in [7, 11) is 0. The first-order valence-electron chi connectivity index (χ1n) is 11.1. The van der Waals surface area contributed by atoms with E-state index in [2.05, 4.69) is 17.1 Å². The molecule has 9 nitrogen and oxygen atoms in total. The minimum absolute atomic E-state index is 0.0747. The van der Waals surface area contributed by atoms with Crippen LogP contribution in [0.2, 0.25) is 0 Å². The quantitative estimate of drug-likeness (QED) is 0.645. The van der Waals surface area contributed by atoms with Gasteiger partial charge in [-0.1, -0.05) is 13.0 Å². The van der Waals surface area contributed by atoms with Gasteiger partial charge in [0.25, 0.3) is 0 Å². The van der Waals surface area contributed by atoms with Crippen molar-refractivity contribution in [1.82, 2.24) is 20.2 Å². The molecule has 2 unspecified atom stereocenters. The maximum absolute atomic E-state index is 12.5. The van der Waals surface area contributed by atoms with E-state index in [-0.39, 0.29) is 11.9 Å². The van der Waals surface area contributed by atoms with Crippen molar-refractivity contribution in [3.05, 3.63) is 35.4 Å². The van der Waals surface area contributed by atoms with E-state index in [0.717, 1.165) is 35.9 Å². The maximum atomic E-state index is 12.5. The molecule has 10 heteroatoms. The molecule has 2 aliphatic heterocycles. The fourth-order valence-corrected chi connectivity index (χ4v) is 4.66. The van der Waals surface area contributed by atoms with Crippen molar-refractivity contribution in [3.8, 4) is 0 Å². The third kappa shape index (κ3) is 5.80. The highest BCUT2D eigenvalue weighted by atomic mass is 32.2. The minimum atomic E-state index is -0.743. The summed E-state index contributed by atoms with van der Waals surface area (Å²) in [6, 6.07) is 1.90. The molecular formula is C22H32N5O4S+.